The summed E-state index contributed by atoms with van der Waals surface area (Å²) in [5.41, 5.74) is 5.24. The summed E-state index contributed by atoms with van der Waals surface area (Å²) in [5, 5.41) is 3.54. The number of benzene rings is 2. The molecule has 0 saturated heterocycles. The minimum absolute atomic E-state index is 0.238. The lowest BCUT2D eigenvalue weighted by Gasteiger charge is -2.15. The summed E-state index contributed by atoms with van der Waals surface area (Å²) in [6.07, 6.45) is 0. The number of rotatable bonds is 6. The second kappa shape index (κ2) is 13.9. The average Bonchev–Trinajstić information content (AvgIpc) is 2.66. The van der Waals surface area contributed by atoms with Gasteiger partial charge in [-0.1, -0.05) is 58.0 Å². The molecule has 2 rings (SSSR count). The smallest absolute Gasteiger partial charge is 0.119 e. The predicted molar refractivity (Wildman–Crippen MR) is 116 cm³/mol. The van der Waals surface area contributed by atoms with E-state index in [1.807, 2.05) is 46.8 Å². The Balaban J connectivity index is 0.00000134. The number of aryl methyl sites for hydroxylation is 2. The molecule has 140 valence electrons. The van der Waals surface area contributed by atoms with Gasteiger partial charge in [0.15, 0.2) is 0 Å². The second-order valence-corrected chi connectivity index (χ2v) is 5.95. The summed E-state index contributed by atoms with van der Waals surface area (Å²) in [5.74, 6) is 1.16. The summed E-state index contributed by atoms with van der Waals surface area (Å²) < 4.78 is 5.47. The van der Waals surface area contributed by atoms with E-state index in [2.05, 4.69) is 58.7 Å². The van der Waals surface area contributed by atoms with Gasteiger partial charge in [-0.15, -0.1) is 9.24 Å². The zero-order chi connectivity index (χ0) is 19.2. The van der Waals surface area contributed by atoms with Crippen LogP contribution in [0.15, 0.2) is 42.5 Å². The van der Waals surface area contributed by atoms with E-state index in [0.29, 0.717) is 6.61 Å². The van der Waals surface area contributed by atoms with Gasteiger partial charge in [0.05, 0.1) is 6.61 Å². The van der Waals surface area contributed by atoms with E-state index < -0.39 is 0 Å². The lowest BCUT2D eigenvalue weighted by Crippen LogP contribution is -2.15. The molecule has 0 bridgehead atoms. The summed E-state index contributed by atoms with van der Waals surface area (Å²) in [4.78, 5) is 0. The Hall–Kier alpha value is -1.37. The first kappa shape index (κ1) is 23.6. The van der Waals surface area contributed by atoms with Crippen LogP contribution in [0.4, 0.5) is 0 Å². The van der Waals surface area contributed by atoms with Gasteiger partial charge in [-0.3, -0.25) is 0 Å². The van der Waals surface area contributed by atoms with Crippen molar-refractivity contribution in [1.82, 2.24) is 5.32 Å². The molecule has 2 unspecified atom stereocenters. The Labute approximate surface area is 157 Å². The maximum atomic E-state index is 5.47. The Morgan fingerprint density at radius 2 is 1.52 bits per heavy atom. The quantitative estimate of drug-likeness (QED) is 0.600. The van der Waals surface area contributed by atoms with Crippen molar-refractivity contribution in [1.29, 1.82) is 0 Å². The molecule has 0 radical (unpaired) electrons. The van der Waals surface area contributed by atoms with Gasteiger partial charge in [0.1, 0.15) is 5.75 Å². The standard InChI is InChI=1S/C18H24NOP.2C2H6/c1-4-20-17-9-7-16(8-10-17)18(21)19-12-15-6-5-13(2)14(3)11-15;2*1-2/h5-11,18-19H,4,12,21H2,1-3H3;2*1-2H3. The van der Waals surface area contributed by atoms with Crippen molar-refractivity contribution in [2.24, 2.45) is 0 Å². The maximum Gasteiger partial charge on any atom is 0.119 e. The molecular formula is C22H36NOP. The van der Waals surface area contributed by atoms with Gasteiger partial charge >= 0.3 is 0 Å². The van der Waals surface area contributed by atoms with Crippen molar-refractivity contribution in [3.05, 3.63) is 64.7 Å². The number of hydrogen-bond acceptors (Lipinski definition) is 2. The Kier molecular flexibility index (Phi) is 13.1. The van der Waals surface area contributed by atoms with Gasteiger partial charge in [-0.25, -0.2) is 0 Å². The molecule has 2 atom stereocenters. The van der Waals surface area contributed by atoms with Crippen LogP contribution in [0.3, 0.4) is 0 Å². The minimum atomic E-state index is 0.238. The molecule has 0 aliphatic rings. The average molecular weight is 362 g/mol. The van der Waals surface area contributed by atoms with Crippen LogP contribution >= 0.6 is 9.24 Å². The van der Waals surface area contributed by atoms with E-state index in [9.17, 15) is 0 Å². The third kappa shape index (κ3) is 8.52. The minimum Gasteiger partial charge on any atom is -0.494 e. The van der Waals surface area contributed by atoms with Crippen molar-refractivity contribution in [2.75, 3.05) is 6.61 Å². The molecule has 3 heteroatoms. The van der Waals surface area contributed by atoms with Crippen LogP contribution in [0.2, 0.25) is 0 Å². The molecule has 0 saturated carbocycles. The summed E-state index contributed by atoms with van der Waals surface area (Å²) in [7, 11) is 2.86. The van der Waals surface area contributed by atoms with Crippen LogP contribution in [0.5, 0.6) is 5.75 Å². The van der Waals surface area contributed by atoms with E-state index in [1.165, 1.54) is 22.3 Å². The molecule has 0 fully saturated rings. The molecule has 0 aliphatic heterocycles. The molecule has 2 aromatic rings. The number of ether oxygens (including phenoxy) is 1. The highest BCUT2D eigenvalue weighted by Crippen LogP contribution is 2.23. The van der Waals surface area contributed by atoms with Gasteiger partial charge in [0.2, 0.25) is 0 Å². The normalized spacial score (nSPS) is 10.7. The van der Waals surface area contributed by atoms with E-state index in [4.69, 9.17) is 4.74 Å². The summed E-state index contributed by atoms with van der Waals surface area (Å²) in [6.45, 7) is 15.9. The van der Waals surface area contributed by atoms with Gasteiger partial charge in [0.25, 0.3) is 0 Å². The van der Waals surface area contributed by atoms with Crippen LogP contribution in [-0.4, -0.2) is 6.61 Å². The zero-order valence-electron chi connectivity index (χ0n) is 17.0. The van der Waals surface area contributed by atoms with Crippen LogP contribution in [0, 0.1) is 13.8 Å². The second-order valence-electron chi connectivity index (χ2n) is 5.28. The SMILES string of the molecule is CC.CC.CCOc1ccc(C(P)NCc2ccc(C)c(C)c2)cc1. The first-order valence-electron chi connectivity index (χ1n) is 9.38. The molecule has 25 heavy (non-hydrogen) atoms. The molecule has 2 aromatic carbocycles. The molecule has 0 heterocycles. The number of nitrogens with one attached hydrogen (secondary N) is 1. The zero-order valence-corrected chi connectivity index (χ0v) is 18.2. The van der Waals surface area contributed by atoms with Crippen molar-refractivity contribution in [2.45, 2.75) is 60.8 Å². The molecule has 1 N–H and O–H groups in total. The van der Waals surface area contributed by atoms with Crippen LogP contribution < -0.4 is 10.1 Å². The summed E-state index contributed by atoms with van der Waals surface area (Å²) in [6, 6.07) is 14.9. The third-order valence-corrected chi connectivity index (χ3v) is 4.27. The van der Waals surface area contributed by atoms with E-state index in [1.54, 1.807) is 0 Å². The summed E-state index contributed by atoms with van der Waals surface area (Å²) >= 11 is 0. The van der Waals surface area contributed by atoms with Crippen molar-refractivity contribution < 1.29 is 4.74 Å². The fraction of sp³-hybridized carbons (Fsp3) is 0.455. The van der Waals surface area contributed by atoms with Crippen molar-refractivity contribution in [3.63, 3.8) is 0 Å². The van der Waals surface area contributed by atoms with Crippen molar-refractivity contribution >= 4 is 9.24 Å². The van der Waals surface area contributed by atoms with E-state index in [0.717, 1.165) is 12.3 Å². The van der Waals surface area contributed by atoms with Crippen LogP contribution in [0.1, 0.15) is 62.7 Å². The molecule has 0 amide bonds. The fourth-order valence-corrected chi connectivity index (χ4v) is 2.54. The number of hydrogen-bond donors (Lipinski definition) is 1. The van der Waals surface area contributed by atoms with Gasteiger partial charge in [-0.2, -0.15) is 0 Å². The van der Waals surface area contributed by atoms with E-state index >= 15 is 0 Å². The predicted octanol–water partition coefficient (Wildman–Crippen LogP) is 6.42. The maximum absolute atomic E-state index is 5.47. The highest BCUT2D eigenvalue weighted by Gasteiger charge is 2.05. The van der Waals surface area contributed by atoms with Gasteiger partial charge in [0, 0.05) is 12.3 Å². The molecule has 2 nitrogen and oxygen atoms in total. The topological polar surface area (TPSA) is 21.3 Å². The van der Waals surface area contributed by atoms with E-state index in [-0.39, 0.29) is 5.78 Å². The van der Waals surface area contributed by atoms with Gasteiger partial charge < -0.3 is 10.1 Å². The lowest BCUT2D eigenvalue weighted by atomic mass is 10.1. The first-order chi connectivity index (χ1) is 12.1. The molecule has 0 spiro atoms. The van der Waals surface area contributed by atoms with Gasteiger partial charge in [-0.05, 0) is 55.2 Å². The lowest BCUT2D eigenvalue weighted by molar-refractivity contribution is 0.340. The highest BCUT2D eigenvalue weighted by atomic mass is 31.0. The Morgan fingerprint density at radius 1 is 0.920 bits per heavy atom. The Bertz CT molecular complexity index is 581. The molecule has 0 aliphatic carbocycles. The first-order valence-corrected chi connectivity index (χ1v) is 10.0. The van der Waals surface area contributed by atoms with Crippen LogP contribution in [-0.2, 0) is 6.54 Å². The highest BCUT2D eigenvalue weighted by molar-refractivity contribution is 7.17. The molecule has 0 aromatic heterocycles. The van der Waals surface area contributed by atoms with Crippen molar-refractivity contribution in [3.8, 4) is 5.75 Å². The van der Waals surface area contributed by atoms with Crippen LogP contribution in [0.25, 0.3) is 0 Å². The largest absolute Gasteiger partial charge is 0.494 e. The molecular weight excluding hydrogens is 325 g/mol. The third-order valence-electron chi connectivity index (χ3n) is 3.65. The monoisotopic (exact) mass is 361 g/mol. The fourth-order valence-electron chi connectivity index (χ4n) is 2.20. The Morgan fingerprint density at radius 3 is 2.04 bits per heavy atom.